The summed E-state index contributed by atoms with van der Waals surface area (Å²) in [5.74, 6) is 0.604. The topological polar surface area (TPSA) is 71.8 Å². The zero-order chi connectivity index (χ0) is 17.2. The molecule has 142 valence electrons. The smallest absolute Gasteiger partial charge is 0.273 e. The number of carbonyl (C=O) groups excluding carboxylic acids is 1. The van der Waals surface area contributed by atoms with E-state index in [1.54, 1.807) is 0 Å². The molecule has 0 unspecified atom stereocenters. The lowest BCUT2D eigenvalue weighted by Gasteiger charge is -2.43. The second-order valence-corrected chi connectivity index (χ2v) is 8.08. The number of nitrogens with zero attached hydrogens (tertiary/aromatic N) is 3. The Labute approximate surface area is 156 Å². The van der Waals surface area contributed by atoms with E-state index in [-0.39, 0.29) is 18.3 Å². The minimum atomic E-state index is -0.0669. The quantitative estimate of drug-likeness (QED) is 0.808. The summed E-state index contributed by atoms with van der Waals surface area (Å²) >= 11 is 0. The number of nitrogens with one attached hydrogen (secondary N) is 2. The number of rotatable bonds is 6. The predicted molar refractivity (Wildman–Crippen MR) is 101 cm³/mol. The molecule has 2 N–H and O–H groups in total. The summed E-state index contributed by atoms with van der Waals surface area (Å²) in [5.41, 5.74) is 1.70. The molecule has 2 heterocycles. The van der Waals surface area contributed by atoms with Gasteiger partial charge in [-0.15, -0.1) is 17.5 Å². The molecule has 0 aromatic carbocycles. The number of carbonyl (C=O) groups is 1. The maximum absolute atomic E-state index is 12.6. The standard InChI is InChI=1S/C18H31N5O.ClH/c1-13(2)11-18(7-4-8-18)12-20-17(24)16-14(3)23(22-21-16)15-5-9-19-10-6-15;/h13,15,19H,4-12H2,1-3H3,(H,20,24);1H. The van der Waals surface area contributed by atoms with Crippen LogP contribution in [0.5, 0.6) is 0 Å². The Bertz CT molecular complexity index is 576. The highest BCUT2D eigenvalue weighted by Gasteiger charge is 2.37. The van der Waals surface area contributed by atoms with Crippen LogP contribution < -0.4 is 10.6 Å². The van der Waals surface area contributed by atoms with Crippen LogP contribution in [-0.2, 0) is 0 Å². The predicted octanol–water partition coefficient (Wildman–Crippen LogP) is 2.88. The van der Waals surface area contributed by atoms with Gasteiger partial charge in [0, 0.05) is 6.54 Å². The summed E-state index contributed by atoms with van der Waals surface area (Å²) in [6.45, 7) is 9.26. The molecular weight excluding hydrogens is 338 g/mol. The SMILES string of the molecule is Cc1c(C(=O)NCC2(CC(C)C)CCC2)nnn1C1CCNCC1.Cl. The average Bonchev–Trinajstić information content (AvgIpc) is 2.92. The Kier molecular flexibility index (Phi) is 6.86. The van der Waals surface area contributed by atoms with Crippen molar-refractivity contribution < 1.29 is 4.79 Å². The van der Waals surface area contributed by atoms with Gasteiger partial charge in [-0.1, -0.05) is 25.5 Å². The summed E-state index contributed by atoms with van der Waals surface area (Å²) in [6, 6.07) is 0.360. The number of hydrogen-bond acceptors (Lipinski definition) is 4. The van der Waals surface area contributed by atoms with Crippen molar-refractivity contribution in [2.75, 3.05) is 19.6 Å². The highest BCUT2D eigenvalue weighted by atomic mass is 35.5. The number of aromatic nitrogens is 3. The van der Waals surface area contributed by atoms with E-state index in [0.717, 1.165) is 38.2 Å². The van der Waals surface area contributed by atoms with Gasteiger partial charge in [-0.25, -0.2) is 4.68 Å². The normalized spacial score (nSPS) is 20.0. The van der Waals surface area contributed by atoms with Gasteiger partial charge in [-0.3, -0.25) is 4.79 Å². The van der Waals surface area contributed by atoms with Crippen LogP contribution in [0.3, 0.4) is 0 Å². The van der Waals surface area contributed by atoms with Crippen molar-refractivity contribution in [3.05, 3.63) is 11.4 Å². The summed E-state index contributed by atoms with van der Waals surface area (Å²) in [4.78, 5) is 12.6. The second kappa shape index (κ2) is 8.49. The maximum atomic E-state index is 12.6. The molecule has 1 aromatic rings. The lowest BCUT2D eigenvalue weighted by Crippen LogP contribution is -2.43. The van der Waals surface area contributed by atoms with Gasteiger partial charge in [0.05, 0.1) is 11.7 Å². The molecular formula is C18H32ClN5O. The fourth-order valence-electron chi connectivity index (χ4n) is 4.30. The molecule has 1 aliphatic heterocycles. The van der Waals surface area contributed by atoms with Crippen molar-refractivity contribution in [2.45, 2.75) is 65.3 Å². The molecule has 0 bridgehead atoms. The van der Waals surface area contributed by atoms with E-state index >= 15 is 0 Å². The van der Waals surface area contributed by atoms with Crippen LogP contribution in [0.1, 0.15) is 74.6 Å². The molecule has 2 aliphatic rings. The minimum absolute atomic E-state index is 0. The second-order valence-electron chi connectivity index (χ2n) is 8.08. The number of halogens is 1. The van der Waals surface area contributed by atoms with Gasteiger partial charge in [-0.05, 0) is 63.5 Å². The third-order valence-corrected chi connectivity index (χ3v) is 5.68. The molecule has 1 aliphatic carbocycles. The highest BCUT2D eigenvalue weighted by Crippen LogP contribution is 2.45. The molecule has 0 radical (unpaired) electrons. The fourth-order valence-corrected chi connectivity index (χ4v) is 4.30. The molecule has 7 heteroatoms. The Balaban J connectivity index is 0.00000225. The summed E-state index contributed by atoms with van der Waals surface area (Å²) in [5, 5.41) is 14.9. The number of amides is 1. The Morgan fingerprint density at radius 2 is 2.04 bits per heavy atom. The molecule has 1 saturated heterocycles. The largest absolute Gasteiger partial charge is 0.350 e. The Hall–Kier alpha value is -1.14. The first-order chi connectivity index (χ1) is 11.5. The molecule has 25 heavy (non-hydrogen) atoms. The van der Waals surface area contributed by atoms with Crippen molar-refractivity contribution in [3.8, 4) is 0 Å². The molecule has 6 nitrogen and oxygen atoms in total. The lowest BCUT2D eigenvalue weighted by atomic mass is 9.64. The fraction of sp³-hybridized carbons (Fsp3) is 0.833. The Morgan fingerprint density at radius 3 is 2.60 bits per heavy atom. The van der Waals surface area contributed by atoms with Gasteiger partial charge >= 0.3 is 0 Å². The minimum Gasteiger partial charge on any atom is -0.350 e. The zero-order valence-corrected chi connectivity index (χ0v) is 16.5. The van der Waals surface area contributed by atoms with Crippen LogP contribution in [0, 0.1) is 18.3 Å². The van der Waals surface area contributed by atoms with E-state index in [9.17, 15) is 4.79 Å². The van der Waals surface area contributed by atoms with Gasteiger partial charge in [0.1, 0.15) is 0 Å². The molecule has 0 spiro atoms. The van der Waals surface area contributed by atoms with Gasteiger partial charge in [0.2, 0.25) is 0 Å². The van der Waals surface area contributed by atoms with Crippen molar-refractivity contribution in [3.63, 3.8) is 0 Å². The van der Waals surface area contributed by atoms with Gasteiger partial charge in [0.15, 0.2) is 5.69 Å². The molecule has 0 atom stereocenters. The summed E-state index contributed by atoms with van der Waals surface area (Å²) in [6.07, 6.45) is 7.02. The van der Waals surface area contributed by atoms with E-state index in [0.29, 0.717) is 23.1 Å². The number of hydrogen-bond donors (Lipinski definition) is 2. The van der Waals surface area contributed by atoms with E-state index in [1.165, 1.54) is 25.7 Å². The lowest BCUT2D eigenvalue weighted by molar-refractivity contribution is 0.0776. The molecule has 3 rings (SSSR count). The van der Waals surface area contributed by atoms with Crippen molar-refractivity contribution in [1.82, 2.24) is 25.6 Å². The van der Waals surface area contributed by atoms with E-state index in [1.807, 2.05) is 11.6 Å². The molecule has 1 amide bonds. The third-order valence-electron chi connectivity index (χ3n) is 5.68. The summed E-state index contributed by atoms with van der Waals surface area (Å²) < 4.78 is 1.95. The van der Waals surface area contributed by atoms with Gasteiger partial charge in [-0.2, -0.15) is 0 Å². The first-order valence-electron chi connectivity index (χ1n) is 9.41. The van der Waals surface area contributed by atoms with Crippen LogP contribution in [-0.4, -0.2) is 40.5 Å². The summed E-state index contributed by atoms with van der Waals surface area (Å²) in [7, 11) is 0. The molecule has 1 aromatic heterocycles. The van der Waals surface area contributed by atoms with Crippen LogP contribution in [0.25, 0.3) is 0 Å². The van der Waals surface area contributed by atoms with Crippen molar-refractivity contribution in [2.24, 2.45) is 11.3 Å². The first-order valence-corrected chi connectivity index (χ1v) is 9.41. The highest BCUT2D eigenvalue weighted by molar-refractivity contribution is 5.93. The third kappa shape index (κ3) is 4.53. The van der Waals surface area contributed by atoms with Crippen LogP contribution in [0.2, 0.25) is 0 Å². The van der Waals surface area contributed by atoms with Crippen molar-refractivity contribution in [1.29, 1.82) is 0 Å². The van der Waals surface area contributed by atoms with Crippen molar-refractivity contribution >= 4 is 18.3 Å². The zero-order valence-electron chi connectivity index (χ0n) is 15.7. The van der Waals surface area contributed by atoms with E-state index < -0.39 is 0 Å². The Morgan fingerprint density at radius 1 is 1.36 bits per heavy atom. The van der Waals surface area contributed by atoms with Gasteiger partial charge in [0.25, 0.3) is 5.91 Å². The van der Waals surface area contributed by atoms with Gasteiger partial charge < -0.3 is 10.6 Å². The maximum Gasteiger partial charge on any atom is 0.273 e. The van der Waals surface area contributed by atoms with Crippen LogP contribution >= 0.6 is 12.4 Å². The van der Waals surface area contributed by atoms with E-state index in [2.05, 4.69) is 34.8 Å². The van der Waals surface area contributed by atoms with Crippen LogP contribution in [0.4, 0.5) is 0 Å². The monoisotopic (exact) mass is 369 g/mol. The number of piperidine rings is 1. The van der Waals surface area contributed by atoms with E-state index in [4.69, 9.17) is 0 Å². The molecule has 2 fully saturated rings. The van der Waals surface area contributed by atoms with Crippen LogP contribution in [0.15, 0.2) is 0 Å². The first kappa shape index (κ1) is 20.2. The molecule has 1 saturated carbocycles. The average molecular weight is 370 g/mol.